The maximum absolute atomic E-state index is 12.5. The van der Waals surface area contributed by atoms with Gasteiger partial charge in [0, 0.05) is 18.2 Å². The van der Waals surface area contributed by atoms with Crippen LogP contribution >= 0.6 is 11.3 Å². The first-order valence-corrected chi connectivity index (χ1v) is 8.09. The fourth-order valence-corrected chi connectivity index (χ4v) is 3.22. The molecule has 0 spiro atoms. The fraction of sp³-hybridized carbons (Fsp3) is 0.267. The number of aryl methyl sites for hydroxylation is 1. The van der Waals surface area contributed by atoms with Crippen LogP contribution in [0.1, 0.15) is 36.1 Å². The van der Waals surface area contributed by atoms with Crippen LogP contribution in [0, 0.1) is 17.0 Å². The van der Waals surface area contributed by atoms with Gasteiger partial charge in [-0.05, 0) is 32.9 Å². The summed E-state index contributed by atoms with van der Waals surface area (Å²) >= 11 is 1.20. The number of benzene rings is 1. The van der Waals surface area contributed by atoms with Gasteiger partial charge in [0.25, 0.3) is 11.6 Å². The summed E-state index contributed by atoms with van der Waals surface area (Å²) in [6.07, 6.45) is 0. The number of carbonyl (C=O) groups is 1. The van der Waals surface area contributed by atoms with Gasteiger partial charge in [-0.2, -0.15) is 5.10 Å². The Labute approximate surface area is 141 Å². The molecule has 0 aliphatic carbocycles. The van der Waals surface area contributed by atoms with Crippen LogP contribution in [0.5, 0.6) is 0 Å². The quantitative estimate of drug-likeness (QED) is 0.575. The zero-order valence-corrected chi connectivity index (χ0v) is 14.1. The number of fused-ring (bicyclic) bond motifs is 1. The standard InChI is InChI=1S/C15H15N5O3S/c1-8(2)19-12(6-9(3)18-19)14(21)17-15-16-11-5-4-10(20(22)23)7-13(11)24-15/h4-8H,1-3H3,(H,16,17,21). The molecule has 0 saturated heterocycles. The van der Waals surface area contributed by atoms with Crippen LogP contribution in [0.2, 0.25) is 0 Å². The Hall–Kier alpha value is -2.81. The van der Waals surface area contributed by atoms with E-state index in [1.165, 1.54) is 23.5 Å². The van der Waals surface area contributed by atoms with Crippen LogP contribution in [0.4, 0.5) is 10.8 Å². The Balaban J connectivity index is 1.89. The van der Waals surface area contributed by atoms with Gasteiger partial charge in [-0.25, -0.2) is 4.98 Å². The van der Waals surface area contributed by atoms with Gasteiger partial charge in [-0.15, -0.1) is 0 Å². The number of hydrogen-bond acceptors (Lipinski definition) is 6. The summed E-state index contributed by atoms with van der Waals surface area (Å²) in [7, 11) is 0. The minimum Gasteiger partial charge on any atom is -0.296 e. The van der Waals surface area contributed by atoms with Gasteiger partial charge in [-0.1, -0.05) is 11.3 Å². The molecule has 0 aliphatic heterocycles. The van der Waals surface area contributed by atoms with Crippen molar-refractivity contribution in [3.05, 3.63) is 45.8 Å². The SMILES string of the molecule is Cc1cc(C(=O)Nc2nc3ccc([N+](=O)[O-])cc3s2)n(C(C)C)n1. The van der Waals surface area contributed by atoms with Crippen LogP contribution in [-0.2, 0) is 0 Å². The minimum atomic E-state index is -0.457. The van der Waals surface area contributed by atoms with Crippen molar-refractivity contribution in [1.29, 1.82) is 0 Å². The average Bonchev–Trinajstić information content (AvgIpc) is 3.08. The highest BCUT2D eigenvalue weighted by Crippen LogP contribution is 2.29. The smallest absolute Gasteiger partial charge is 0.275 e. The summed E-state index contributed by atoms with van der Waals surface area (Å²) in [6, 6.07) is 6.18. The molecule has 1 N–H and O–H groups in total. The topological polar surface area (TPSA) is 103 Å². The van der Waals surface area contributed by atoms with Gasteiger partial charge in [0.15, 0.2) is 5.13 Å². The highest BCUT2D eigenvalue weighted by atomic mass is 32.1. The molecule has 1 aromatic carbocycles. The van der Waals surface area contributed by atoms with E-state index in [1.54, 1.807) is 16.8 Å². The number of thiazole rings is 1. The maximum atomic E-state index is 12.5. The van der Waals surface area contributed by atoms with E-state index < -0.39 is 4.92 Å². The Bertz CT molecular complexity index is 944. The molecular formula is C15H15N5O3S. The Morgan fingerprint density at radius 3 is 2.79 bits per heavy atom. The van der Waals surface area contributed by atoms with Crippen molar-refractivity contribution in [3.8, 4) is 0 Å². The lowest BCUT2D eigenvalue weighted by atomic mass is 10.3. The van der Waals surface area contributed by atoms with E-state index in [-0.39, 0.29) is 17.6 Å². The molecule has 2 heterocycles. The van der Waals surface area contributed by atoms with Crippen LogP contribution in [0.3, 0.4) is 0 Å². The lowest BCUT2D eigenvalue weighted by Crippen LogP contribution is -2.18. The van der Waals surface area contributed by atoms with E-state index in [0.29, 0.717) is 21.0 Å². The normalized spacial score (nSPS) is 11.2. The summed E-state index contributed by atoms with van der Waals surface area (Å²) in [4.78, 5) is 27.2. The predicted octanol–water partition coefficient (Wildman–Crippen LogP) is 3.54. The first kappa shape index (κ1) is 16.1. The first-order chi connectivity index (χ1) is 11.3. The number of non-ortho nitro benzene ring substituents is 1. The number of rotatable bonds is 4. The molecular weight excluding hydrogens is 330 g/mol. The lowest BCUT2D eigenvalue weighted by Gasteiger charge is -2.09. The summed E-state index contributed by atoms with van der Waals surface area (Å²) in [6.45, 7) is 5.71. The molecule has 0 unspecified atom stereocenters. The van der Waals surface area contributed by atoms with E-state index in [4.69, 9.17) is 0 Å². The summed E-state index contributed by atoms with van der Waals surface area (Å²) in [5, 5.41) is 18.3. The molecule has 24 heavy (non-hydrogen) atoms. The number of nitrogens with zero attached hydrogens (tertiary/aromatic N) is 4. The van der Waals surface area contributed by atoms with Gasteiger partial charge in [-0.3, -0.25) is 24.9 Å². The molecule has 2 aromatic heterocycles. The minimum absolute atomic E-state index is 0.00228. The van der Waals surface area contributed by atoms with Crippen molar-refractivity contribution in [2.45, 2.75) is 26.8 Å². The molecule has 0 bridgehead atoms. The van der Waals surface area contributed by atoms with Gasteiger partial charge in [0.2, 0.25) is 0 Å². The summed E-state index contributed by atoms with van der Waals surface area (Å²) < 4.78 is 2.30. The average molecular weight is 345 g/mol. The molecule has 3 aromatic rings. The lowest BCUT2D eigenvalue weighted by molar-refractivity contribution is -0.384. The molecule has 1 amide bonds. The number of anilines is 1. The van der Waals surface area contributed by atoms with Gasteiger partial charge in [0.1, 0.15) is 5.69 Å². The second-order valence-corrected chi connectivity index (χ2v) is 6.62. The zero-order valence-electron chi connectivity index (χ0n) is 13.3. The van der Waals surface area contributed by atoms with Crippen LogP contribution in [0.15, 0.2) is 24.3 Å². The Kier molecular flexibility index (Phi) is 4.02. The largest absolute Gasteiger partial charge is 0.296 e. The summed E-state index contributed by atoms with van der Waals surface area (Å²) in [5.41, 5.74) is 1.81. The van der Waals surface area contributed by atoms with E-state index in [9.17, 15) is 14.9 Å². The van der Waals surface area contributed by atoms with Crippen LogP contribution in [-0.4, -0.2) is 25.6 Å². The molecule has 0 saturated carbocycles. The molecule has 0 fully saturated rings. The number of carbonyl (C=O) groups excluding carboxylic acids is 1. The monoisotopic (exact) mass is 345 g/mol. The molecule has 3 rings (SSSR count). The maximum Gasteiger partial charge on any atom is 0.275 e. The van der Waals surface area contributed by atoms with Crippen molar-refractivity contribution >= 4 is 38.3 Å². The third-order valence-electron chi connectivity index (χ3n) is 3.38. The van der Waals surface area contributed by atoms with E-state index in [0.717, 1.165) is 5.69 Å². The number of nitro groups is 1. The first-order valence-electron chi connectivity index (χ1n) is 7.27. The van der Waals surface area contributed by atoms with Gasteiger partial charge in [0.05, 0.1) is 20.8 Å². The second-order valence-electron chi connectivity index (χ2n) is 5.59. The highest BCUT2D eigenvalue weighted by Gasteiger charge is 2.18. The number of nitrogens with one attached hydrogen (secondary N) is 1. The third-order valence-corrected chi connectivity index (χ3v) is 4.32. The number of nitro benzene ring substituents is 1. The zero-order chi connectivity index (χ0) is 17.4. The van der Waals surface area contributed by atoms with Crippen molar-refractivity contribution < 1.29 is 9.72 Å². The highest BCUT2D eigenvalue weighted by molar-refractivity contribution is 7.22. The van der Waals surface area contributed by atoms with Crippen molar-refractivity contribution in [2.24, 2.45) is 0 Å². The van der Waals surface area contributed by atoms with Gasteiger partial charge < -0.3 is 0 Å². The third kappa shape index (κ3) is 2.98. The fourth-order valence-electron chi connectivity index (χ4n) is 2.32. The number of hydrogen-bond donors (Lipinski definition) is 1. The van der Waals surface area contributed by atoms with Crippen LogP contribution < -0.4 is 5.32 Å². The Morgan fingerprint density at radius 1 is 1.38 bits per heavy atom. The van der Waals surface area contributed by atoms with Crippen molar-refractivity contribution in [3.63, 3.8) is 0 Å². The van der Waals surface area contributed by atoms with E-state index in [2.05, 4.69) is 15.4 Å². The van der Waals surface area contributed by atoms with E-state index in [1.807, 2.05) is 20.8 Å². The van der Waals surface area contributed by atoms with Crippen molar-refractivity contribution in [1.82, 2.24) is 14.8 Å². The van der Waals surface area contributed by atoms with Crippen LogP contribution in [0.25, 0.3) is 10.2 Å². The molecule has 9 heteroatoms. The molecule has 0 atom stereocenters. The van der Waals surface area contributed by atoms with Crippen molar-refractivity contribution in [2.75, 3.05) is 5.32 Å². The molecule has 124 valence electrons. The Morgan fingerprint density at radius 2 is 2.12 bits per heavy atom. The number of amides is 1. The molecule has 8 nitrogen and oxygen atoms in total. The summed E-state index contributed by atoms with van der Waals surface area (Å²) in [5.74, 6) is -0.308. The molecule has 0 aliphatic rings. The number of aromatic nitrogens is 3. The second kappa shape index (κ2) is 6.00. The predicted molar refractivity (Wildman–Crippen MR) is 91.6 cm³/mol. The van der Waals surface area contributed by atoms with E-state index >= 15 is 0 Å². The molecule has 0 radical (unpaired) electrons. The van der Waals surface area contributed by atoms with Gasteiger partial charge >= 0.3 is 0 Å².